The van der Waals surface area contributed by atoms with Gasteiger partial charge in [-0.15, -0.1) is 0 Å². The Kier molecular flexibility index (Phi) is 6.30. The summed E-state index contributed by atoms with van der Waals surface area (Å²) in [5, 5.41) is 27.7. The van der Waals surface area contributed by atoms with Gasteiger partial charge in [0, 0.05) is 33.4 Å². The number of para-hydroxylation sites is 1. The number of aromatic amines is 2. The van der Waals surface area contributed by atoms with Gasteiger partial charge < -0.3 is 15.6 Å². The van der Waals surface area contributed by atoms with Crippen LogP contribution in [0.4, 0.5) is 23.0 Å². The number of hydrogen-bond acceptors (Lipinski definition) is 7. The maximum Gasteiger partial charge on any atom is 0.293 e. The molecule has 0 atom stereocenters. The summed E-state index contributed by atoms with van der Waals surface area (Å²) in [6, 6.07) is 21.2. The number of nitrogens with zero attached hydrogens (tertiary/aromatic N) is 3. The van der Waals surface area contributed by atoms with Gasteiger partial charge in [0.2, 0.25) is 5.95 Å². The Labute approximate surface area is 218 Å². The highest BCUT2D eigenvalue weighted by Gasteiger charge is 2.18. The minimum absolute atomic E-state index is 0.112. The maximum atomic E-state index is 12.9. The van der Waals surface area contributed by atoms with Crippen LogP contribution in [0.1, 0.15) is 16.1 Å². The third-order valence-corrected chi connectivity index (χ3v) is 5.86. The summed E-state index contributed by atoms with van der Waals surface area (Å²) >= 11 is 5.92. The summed E-state index contributed by atoms with van der Waals surface area (Å²) in [6.07, 6.45) is 0. The number of nitro groups is 1. The lowest BCUT2D eigenvalue weighted by Gasteiger charge is -2.10. The van der Waals surface area contributed by atoms with Crippen molar-refractivity contribution in [2.75, 3.05) is 10.6 Å². The largest absolute Gasteiger partial charge is 0.345 e. The average molecular weight is 526 g/mol. The fourth-order valence-electron chi connectivity index (χ4n) is 3.87. The van der Waals surface area contributed by atoms with Gasteiger partial charge in [0.1, 0.15) is 22.8 Å². The first-order valence-electron chi connectivity index (χ1n) is 11.1. The molecule has 1 amide bonds. The number of halogens is 1. The first-order valence-corrected chi connectivity index (χ1v) is 11.4. The lowest BCUT2D eigenvalue weighted by Crippen LogP contribution is -2.16. The van der Waals surface area contributed by atoms with Crippen molar-refractivity contribution in [3.05, 3.63) is 110 Å². The predicted molar refractivity (Wildman–Crippen MR) is 143 cm³/mol. The average Bonchev–Trinajstić information content (AvgIpc) is 3.34. The first-order chi connectivity index (χ1) is 18.3. The molecule has 4 N–H and O–H groups in total. The van der Waals surface area contributed by atoms with Crippen LogP contribution in [0.3, 0.4) is 0 Å². The zero-order chi connectivity index (χ0) is 26.8. The Morgan fingerprint density at radius 1 is 1.03 bits per heavy atom. The fraction of sp³-hybridized carbons (Fsp3) is 0. The van der Waals surface area contributed by atoms with Crippen LogP contribution in [-0.4, -0.2) is 25.8 Å². The van der Waals surface area contributed by atoms with Gasteiger partial charge in [-0.2, -0.15) is 5.26 Å². The molecule has 0 aliphatic carbocycles. The number of H-pyrrole nitrogens is 2. The number of amides is 1. The Morgan fingerprint density at radius 3 is 2.53 bits per heavy atom. The van der Waals surface area contributed by atoms with Gasteiger partial charge in [-0.05, 0) is 42.5 Å². The Morgan fingerprint density at radius 2 is 1.79 bits per heavy atom. The topological polar surface area (TPSA) is 170 Å². The van der Waals surface area contributed by atoms with Crippen LogP contribution in [0.15, 0.2) is 77.6 Å². The molecule has 0 fully saturated rings. The molecule has 2 aromatic heterocycles. The van der Waals surface area contributed by atoms with Crippen molar-refractivity contribution in [2.24, 2.45) is 0 Å². The van der Waals surface area contributed by atoms with Crippen LogP contribution in [0.25, 0.3) is 22.2 Å². The molecule has 5 rings (SSSR count). The van der Waals surface area contributed by atoms with Crippen molar-refractivity contribution in [3.63, 3.8) is 0 Å². The molecule has 11 nitrogen and oxygen atoms in total. The summed E-state index contributed by atoms with van der Waals surface area (Å²) in [5.74, 6) is -0.419. The Balaban J connectivity index is 1.46. The molecule has 0 unspecified atom stereocenters. The van der Waals surface area contributed by atoms with Gasteiger partial charge in [0.05, 0.1) is 10.6 Å². The molecule has 0 bridgehead atoms. The van der Waals surface area contributed by atoms with E-state index in [4.69, 9.17) is 11.6 Å². The lowest BCUT2D eigenvalue weighted by molar-refractivity contribution is -0.383. The number of anilines is 3. The molecule has 38 heavy (non-hydrogen) atoms. The quantitative estimate of drug-likeness (QED) is 0.171. The summed E-state index contributed by atoms with van der Waals surface area (Å²) in [7, 11) is 0. The smallest absolute Gasteiger partial charge is 0.293 e. The van der Waals surface area contributed by atoms with Crippen molar-refractivity contribution < 1.29 is 9.72 Å². The number of nitriles is 1. The van der Waals surface area contributed by atoms with E-state index in [1.54, 1.807) is 54.6 Å². The van der Waals surface area contributed by atoms with E-state index in [2.05, 4.69) is 25.6 Å². The third-order valence-electron chi connectivity index (χ3n) is 5.61. The summed E-state index contributed by atoms with van der Waals surface area (Å²) in [4.78, 5) is 46.1. The zero-order valence-corrected chi connectivity index (χ0v) is 20.0. The van der Waals surface area contributed by atoms with Crippen LogP contribution in [-0.2, 0) is 0 Å². The molecule has 0 saturated carbocycles. The van der Waals surface area contributed by atoms with Crippen LogP contribution in [0, 0.1) is 21.4 Å². The van der Waals surface area contributed by atoms with Crippen molar-refractivity contribution >= 4 is 51.4 Å². The van der Waals surface area contributed by atoms with Crippen molar-refractivity contribution in [1.29, 1.82) is 5.26 Å². The van der Waals surface area contributed by atoms with Crippen LogP contribution < -0.4 is 16.2 Å². The molecule has 5 aromatic rings. The highest BCUT2D eigenvalue weighted by Crippen LogP contribution is 2.27. The van der Waals surface area contributed by atoms with Crippen molar-refractivity contribution in [3.8, 4) is 17.3 Å². The molecule has 186 valence electrons. The zero-order valence-electron chi connectivity index (χ0n) is 19.3. The molecule has 12 heteroatoms. The van der Waals surface area contributed by atoms with Crippen LogP contribution in [0.5, 0.6) is 0 Å². The maximum absolute atomic E-state index is 12.9. The van der Waals surface area contributed by atoms with E-state index in [0.717, 1.165) is 0 Å². The molecule has 0 aliphatic rings. The standard InChI is InChI=1S/C26H16ClN7O4/c27-16-7-9-17(10-8-16)30-26-32-22(19(13-28)24(35)33-26)14-3-1-5-18(11-14)29-25(36)20-12-15-4-2-6-21(34(37)38)23(15)31-20/h1-12,31H,(H,29,36)(H2,30,32,33,35). The number of nitro benzene ring substituents is 1. The molecule has 0 saturated heterocycles. The van der Waals surface area contributed by atoms with Gasteiger partial charge in [-0.25, -0.2) is 4.98 Å². The predicted octanol–water partition coefficient (Wildman–Crippen LogP) is 5.35. The minimum Gasteiger partial charge on any atom is -0.345 e. The fourth-order valence-corrected chi connectivity index (χ4v) is 4.00. The summed E-state index contributed by atoms with van der Waals surface area (Å²) in [5.41, 5.74) is 0.898. The summed E-state index contributed by atoms with van der Waals surface area (Å²) < 4.78 is 0. The van der Waals surface area contributed by atoms with Gasteiger partial charge >= 0.3 is 0 Å². The summed E-state index contributed by atoms with van der Waals surface area (Å²) in [6.45, 7) is 0. The van der Waals surface area contributed by atoms with E-state index in [0.29, 0.717) is 27.3 Å². The number of nitrogens with one attached hydrogen (secondary N) is 4. The second kappa shape index (κ2) is 9.88. The molecular formula is C26H16ClN7O4. The van der Waals surface area contributed by atoms with E-state index in [1.807, 2.05) is 6.07 Å². The van der Waals surface area contributed by atoms with Crippen molar-refractivity contribution in [1.82, 2.24) is 15.0 Å². The number of aromatic nitrogens is 3. The number of hydrogen-bond donors (Lipinski definition) is 4. The second-order valence-corrected chi connectivity index (χ2v) is 8.53. The van der Waals surface area contributed by atoms with E-state index >= 15 is 0 Å². The highest BCUT2D eigenvalue weighted by atomic mass is 35.5. The Bertz CT molecular complexity index is 1820. The van der Waals surface area contributed by atoms with Gasteiger partial charge in [0.15, 0.2) is 0 Å². The molecule has 0 radical (unpaired) electrons. The van der Waals surface area contributed by atoms with Crippen molar-refractivity contribution in [2.45, 2.75) is 0 Å². The third kappa shape index (κ3) is 4.79. The highest BCUT2D eigenvalue weighted by molar-refractivity contribution is 6.30. The molecule has 3 aromatic carbocycles. The molecule has 0 aliphatic heterocycles. The SMILES string of the molecule is N#Cc1c(-c2cccc(NC(=O)c3cc4cccc([N+](=O)[O-])c4[nH]3)c2)nc(Nc2ccc(Cl)cc2)[nH]c1=O. The van der Waals surface area contributed by atoms with Crippen LogP contribution in [0.2, 0.25) is 5.02 Å². The number of carbonyl (C=O) groups excluding carboxylic acids is 1. The number of carbonyl (C=O) groups is 1. The monoisotopic (exact) mass is 525 g/mol. The minimum atomic E-state index is -0.636. The van der Waals surface area contributed by atoms with E-state index in [-0.39, 0.29) is 34.1 Å². The molecule has 0 spiro atoms. The van der Waals surface area contributed by atoms with E-state index < -0.39 is 16.4 Å². The second-order valence-electron chi connectivity index (χ2n) is 8.10. The Hall–Kier alpha value is -5.47. The van der Waals surface area contributed by atoms with Crippen LogP contribution >= 0.6 is 11.6 Å². The van der Waals surface area contributed by atoms with Gasteiger partial charge in [0.25, 0.3) is 17.2 Å². The van der Waals surface area contributed by atoms with Gasteiger partial charge in [-0.3, -0.25) is 24.7 Å². The molecule has 2 heterocycles. The van der Waals surface area contributed by atoms with E-state index in [9.17, 15) is 25.0 Å². The van der Waals surface area contributed by atoms with E-state index in [1.165, 1.54) is 18.2 Å². The number of non-ortho nitro benzene ring substituents is 1. The number of benzene rings is 3. The lowest BCUT2D eigenvalue weighted by atomic mass is 10.1. The number of fused-ring (bicyclic) bond motifs is 1. The van der Waals surface area contributed by atoms with Gasteiger partial charge in [-0.1, -0.05) is 35.9 Å². The normalized spacial score (nSPS) is 10.6. The molecular weight excluding hydrogens is 510 g/mol. The first kappa shape index (κ1) is 24.2. The number of rotatable bonds is 6.